The van der Waals surface area contributed by atoms with Crippen LogP contribution in [0.5, 0.6) is 0 Å². The first-order valence-electron chi connectivity index (χ1n) is 7.11. The van der Waals surface area contributed by atoms with Crippen LogP contribution in [0.3, 0.4) is 0 Å². The van der Waals surface area contributed by atoms with Gasteiger partial charge in [-0.15, -0.1) is 0 Å². The molecule has 114 valence electrons. The Morgan fingerprint density at radius 2 is 2.14 bits per heavy atom. The first-order chi connectivity index (χ1) is 9.93. The van der Waals surface area contributed by atoms with E-state index in [1.165, 1.54) is 10.6 Å². The van der Waals surface area contributed by atoms with E-state index < -0.39 is 5.97 Å². The van der Waals surface area contributed by atoms with E-state index in [9.17, 15) is 14.4 Å². The Bertz CT molecular complexity index is 633. The molecule has 0 radical (unpaired) electrons. The minimum absolute atomic E-state index is 0.00318. The van der Waals surface area contributed by atoms with E-state index in [0.29, 0.717) is 36.2 Å². The van der Waals surface area contributed by atoms with E-state index in [1.807, 2.05) is 0 Å². The Balaban J connectivity index is 2.37. The highest BCUT2D eigenvalue weighted by molar-refractivity contribution is 5.92. The molecule has 0 saturated carbocycles. The molecule has 6 nitrogen and oxygen atoms in total. The second kappa shape index (κ2) is 6.11. The van der Waals surface area contributed by atoms with E-state index in [0.717, 1.165) is 0 Å². The summed E-state index contributed by atoms with van der Waals surface area (Å²) >= 11 is 0. The molecule has 1 amide bonds. The lowest BCUT2D eigenvalue weighted by atomic mass is 10.1. The van der Waals surface area contributed by atoms with Crippen LogP contribution in [0.25, 0.3) is 0 Å². The Kier molecular flexibility index (Phi) is 4.45. The maximum Gasteiger partial charge on any atom is 0.340 e. The van der Waals surface area contributed by atoms with Crippen LogP contribution in [0.15, 0.2) is 10.9 Å². The molecule has 2 heterocycles. The summed E-state index contributed by atoms with van der Waals surface area (Å²) < 4.78 is 6.58. The third-order valence-corrected chi connectivity index (χ3v) is 3.73. The van der Waals surface area contributed by atoms with Crippen LogP contribution in [0, 0.1) is 13.8 Å². The molecule has 0 spiro atoms. The molecular formula is C15H20N2O4. The summed E-state index contributed by atoms with van der Waals surface area (Å²) in [5.74, 6) is -0.417. The fraction of sp³-hybridized carbons (Fsp3) is 0.533. The first kappa shape index (κ1) is 15.3. The zero-order chi connectivity index (χ0) is 15.6. The van der Waals surface area contributed by atoms with Crippen LogP contribution < -0.4 is 10.9 Å². The minimum Gasteiger partial charge on any atom is -0.462 e. The third-order valence-electron chi connectivity index (χ3n) is 3.73. The summed E-state index contributed by atoms with van der Waals surface area (Å²) in [5, 5.41) is 2.83. The van der Waals surface area contributed by atoms with Gasteiger partial charge in [0.15, 0.2) is 0 Å². The second-order valence-corrected chi connectivity index (χ2v) is 5.26. The highest BCUT2D eigenvalue weighted by atomic mass is 16.5. The Labute approximate surface area is 123 Å². The Hall–Kier alpha value is -2.11. The smallest absolute Gasteiger partial charge is 0.340 e. The van der Waals surface area contributed by atoms with Gasteiger partial charge in [-0.25, -0.2) is 4.79 Å². The standard InChI is InChI=1S/C15H20N2O4/c1-4-21-15(20)14-9(2)7-13(19)17(10(14)3)8-11-5-6-12(18)16-11/h7,11H,4-6,8H2,1-3H3,(H,16,18). The molecule has 1 aliphatic rings. The largest absolute Gasteiger partial charge is 0.462 e. The van der Waals surface area contributed by atoms with Crippen molar-refractivity contribution in [1.82, 2.24) is 9.88 Å². The number of esters is 1. The molecule has 0 aliphatic carbocycles. The van der Waals surface area contributed by atoms with E-state index >= 15 is 0 Å². The fourth-order valence-electron chi connectivity index (χ4n) is 2.69. The van der Waals surface area contributed by atoms with Crippen LogP contribution in [0.4, 0.5) is 0 Å². The lowest BCUT2D eigenvalue weighted by Crippen LogP contribution is -2.35. The molecule has 1 saturated heterocycles. The van der Waals surface area contributed by atoms with Gasteiger partial charge in [0.25, 0.3) is 5.56 Å². The molecular weight excluding hydrogens is 272 g/mol. The van der Waals surface area contributed by atoms with Crippen molar-refractivity contribution in [3.05, 3.63) is 33.2 Å². The molecule has 21 heavy (non-hydrogen) atoms. The first-order valence-corrected chi connectivity index (χ1v) is 7.11. The topological polar surface area (TPSA) is 77.4 Å². The Morgan fingerprint density at radius 3 is 2.71 bits per heavy atom. The summed E-state index contributed by atoms with van der Waals surface area (Å²) in [6.45, 7) is 5.87. The normalized spacial score (nSPS) is 17.7. The predicted octanol–water partition coefficient (Wildman–Crippen LogP) is 0.920. The van der Waals surface area contributed by atoms with Gasteiger partial charge in [0.2, 0.25) is 5.91 Å². The van der Waals surface area contributed by atoms with Gasteiger partial charge < -0.3 is 14.6 Å². The molecule has 1 aromatic rings. The van der Waals surface area contributed by atoms with Gasteiger partial charge in [0.1, 0.15) is 0 Å². The van der Waals surface area contributed by atoms with Crippen LogP contribution in [0.1, 0.15) is 41.4 Å². The van der Waals surface area contributed by atoms with Crippen molar-refractivity contribution >= 4 is 11.9 Å². The molecule has 1 aromatic heterocycles. The molecule has 6 heteroatoms. The predicted molar refractivity (Wildman–Crippen MR) is 77.3 cm³/mol. The second-order valence-electron chi connectivity index (χ2n) is 5.26. The summed E-state index contributed by atoms with van der Waals surface area (Å²) in [7, 11) is 0. The molecule has 0 aromatic carbocycles. The zero-order valence-corrected chi connectivity index (χ0v) is 12.6. The van der Waals surface area contributed by atoms with Crippen molar-refractivity contribution in [3.63, 3.8) is 0 Å². The molecule has 0 bridgehead atoms. The van der Waals surface area contributed by atoms with Crippen molar-refractivity contribution < 1.29 is 14.3 Å². The lowest BCUT2D eigenvalue weighted by Gasteiger charge is -2.18. The van der Waals surface area contributed by atoms with Gasteiger partial charge in [-0.05, 0) is 32.8 Å². The maximum atomic E-state index is 12.2. The Morgan fingerprint density at radius 1 is 1.43 bits per heavy atom. The van der Waals surface area contributed by atoms with Gasteiger partial charge in [-0.3, -0.25) is 9.59 Å². The average Bonchev–Trinajstić information content (AvgIpc) is 2.80. The van der Waals surface area contributed by atoms with Crippen LogP contribution in [-0.2, 0) is 16.1 Å². The van der Waals surface area contributed by atoms with Crippen molar-refractivity contribution in [2.45, 2.75) is 46.2 Å². The highest BCUT2D eigenvalue weighted by Gasteiger charge is 2.24. The SMILES string of the molecule is CCOC(=O)c1c(C)cc(=O)n(CC2CCC(=O)N2)c1C. The zero-order valence-electron chi connectivity index (χ0n) is 12.6. The van der Waals surface area contributed by atoms with Crippen molar-refractivity contribution in [1.29, 1.82) is 0 Å². The van der Waals surface area contributed by atoms with Gasteiger partial charge >= 0.3 is 5.97 Å². The molecule has 1 fully saturated rings. The summed E-state index contributed by atoms with van der Waals surface area (Å²) in [5.41, 5.74) is 1.46. The van der Waals surface area contributed by atoms with Gasteiger partial charge in [-0.1, -0.05) is 0 Å². The molecule has 1 N–H and O–H groups in total. The van der Waals surface area contributed by atoms with Crippen molar-refractivity contribution in [2.24, 2.45) is 0 Å². The minimum atomic E-state index is -0.420. The van der Waals surface area contributed by atoms with E-state index in [1.54, 1.807) is 20.8 Å². The number of aromatic nitrogens is 1. The summed E-state index contributed by atoms with van der Waals surface area (Å²) in [4.78, 5) is 35.4. The molecule has 2 rings (SSSR count). The maximum absolute atomic E-state index is 12.2. The van der Waals surface area contributed by atoms with Crippen molar-refractivity contribution in [2.75, 3.05) is 6.61 Å². The number of amides is 1. The highest BCUT2D eigenvalue weighted by Crippen LogP contribution is 2.15. The quantitative estimate of drug-likeness (QED) is 0.837. The van der Waals surface area contributed by atoms with E-state index in [-0.39, 0.29) is 24.1 Å². The number of nitrogens with zero attached hydrogens (tertiary/aromatic N) is 1. The third kappa shape index (κ3) is 3.15. The van der Waals surface area contributed by atoms with Gasteiger partial charge in [0, 0.05) is 30.8 Å². The number of carbonyl (C=O) groups is 2. The number of carbonyl (C=O) groups excluding carboxylic acids is 2. The number of nitrogens with one attached hydrogen (secondary N) is 1. The van der Waals surface area contributed by atoms with Gasteiger partial charge in [0.05, 0.1) is 12.2 Å². The van der Waals surface area contributed by atoms with Gasteiger partial charge in [-0.2, -0.15) is 0 Å². The number of aryl methyl sites for hydroxylation is 1. The molecule has 1 atom stereocenters. The number of rotatable bonds is 4. The molecule has 1 unspecified atom stereocenters. The molecule has 1 aliphatic heterocycles. The number of hydrogen-bond donors (Lipinski definition) is 1. The van der Waals surface area contributed by atoms with Crippen molar-refractivity contribution in [3.8, 4) is 0 Å². The van der Waals surface area contributed by atoms with E-state index in [2.05, 4.69) is 5.32 Å². The monoisotopic (exact) mass is 292 g/mol. The lowest BCUT2D eigenvalue weighted by molar-refractivity contribution is -0.119. The van der Waals surface area contributed by atoms with Crippen LogP contribution in [-0.4, -0.2) is 29.1 Å². The summed E-state index contributed by atoms with van der Waals surface area (Å²) in [6.07, 6.45) is 1.18. The van der Waals surface area contributed by atoms with E-state index in [4.69, 9.17) is 4.74 Å². The van der Waals surface area contributed by atoms with Crippen LogP contribution >= 0.6 is 0 Å². The fourth-order valence-corrected chi connectivity index (χ4v) is 2.69. The summed E-state index contributed by atoms with van der Waals surface area (Å²) in [6, 6.07) is 1.38. The average molecular weight is 292 g/mol. The van der Waals surface area contributed by atoms with Crippen LogP contribution in [0.2, 0.25) is 0 Å². The number of ether oxygens (including phenoxy) is 1. The number of pyridine rings is 1. The number of hydrogen-bond acceptors (Lipinski definition) is 4.